The van der Waals surface area contributed by atoms with Crippen LogP contribution in [-0.2, 0) is 32.6 Å². The second-order valence-corrected chi connectivity index (χ2v) is 12.4. The number of amides is 2. The van der Waals surface area contributed by atoms with Crippen LogP contribution in [0.5, 0.6) is 0 Å². The van der Waals surface area contributed by atoms with E-state index < -0.39 is 34.3 Å². The second-order valence-electron chi connectivity index (χ2n) is 10.1. The van der Waals surface area contributed by atoms with Crippen molar-refractivity contribution in [3.05, 3.63) is 101 Å². The van der Waals surface area contributed by atoms with Gasteiger partial charge in [0, 0.05) is 29.6 Å². The highest BCUT2D eigenvalue weighted by Gasteiger charge is 2.34. The lowest BCUT2D eigenvalue weighted by Crippen LogP contribution is -2.54. The number of halogens is 2. The van der Waals surface area contributed by atoms with Gasteiger partial charge in [0.2, 0.25) is 21.8 Å². The lowest BCUT2D eigenvalue weighted by molar-refractivity contribution is -0.140. The van der Waals surface area contributed by atoms with Crippen molar-refractivity contribution >= 4 is 39.1 Å². The Morgan fingerprint density at radius 2 is 1.68 bits per heavy atom. The Kier molecular flexibility index (Phi) is 9.81. The van der Waals surface area contributed by atoms with Crippen molar-refractivity contribution in [2.24, 2.45) is 0 Å². The summed E-state index contributed by atoms with van der Waals surface area (Å²) in [7, 11) is -3.92. The van der Waals surface area contributed by atoms with Crippen LogP contribution in [0.3, 0.4) is 0 Å². The highest BCUT2D eigenvalue weighted by molar-refractivity contribution is 7.92. The van der Waals surface area contributed by atoms with E-state index in [9.17, 15) is 22.4 Å². The maximum absolute atomic E-state index is 14.8. The fourth-order valence-electron chi connectivity index (χ4n) is 4.98. The molecule has 1 N–H and O–H groups in total. The predicted molar refractivity (Wildman–Crippen MR) is 155 cm³/mol. The highest BCUT2D eigenvalue weighted by atomic mass is 35.5. The Morgan fingerprint density at radius 3 is 2.33 bits per heavy atom. The first kappa shape index (κ1) is 29.6. The summed E-state index contributed by atoms with van der Waals surface area (Å²) in [6, 6.07) is 20.5. The van der Waals surface area contributed by atoms with Crippen LogP contribution in [-0.4, -0.2) is 50.0 Å². The predicted octanol–water partition coefficient (Wildman–Crippen LogP) is 4.94. The number of hydrogen-bond acceptors (Lipinski definition) is 4. The van der Waals surface area contributed by atoms with Crippen LogP contribution in [0.15, 0.2) is 78.9 Å². The fourth-order valence-corrected chi connectivity index (χ4v) is 6.00. The minimum absolute atomic E-state index is 0.00448. The molecule has 1 unspecified atom stereocenters. The lowest BCUT2D eigenvalue weighted by atomic mass is 10.0. The van der Waals surface area contributed by atoms with E-state index in [0.29, 0.717) is 5.02 Å². The molecule has 3 aromatic carbocycles. The molecule has 4 rings (SSSR count). The summed E-state index contributed by atoms with van der Waals surface area (Å²) in [5.74, 6) is -1.52. The first-order valence-electron chi connectivity index (χ1n) is 13.2. The minimum atomic E-state index is -3.92. The first-order valence-corrected chi connectivity index (χ1v) is 15.4. The summed E-state index contributed by atoms with van der Waals surface area (Å²) < 4.78 is 41.4. The van der Waals surface area contributed by atoms with Crippen molar-refractivity contribution in [2.75, 3.05) is 17.1 Å². The summed E-state index contributed by atoms with van der Waals surface area (Å²) in [6.07, 6.45) is 4.89. The van der Waals surface area contributed by atoms with Gasteiger partial charge in [0.05, 0.1) is 11.9 Å². The van der Waals surface area contributed by atoms with Crippen molar-refractivity contribution < 1.29 is 22.4 Å². The molecule has 1 fully saturated rings. The number of benzene rings is 3. The standard InChI is InChI=1S/C30H33ClFN3O4S/c1-40(38,39)35(26-16-9-13-24(31)19-26)21-29(36)34(20-23-12-5-8-17-27(23)32)28(18-22-10-3-2-4-11-22)30(37)33-25-14-6-7-15-25/h2-5,8-13,16-17,19,25,28H,6-7,14-15,18,20-21H2,1H3,(H,33,37). The zero-order chi connectivity index (χ0) is 28.7. The largest absolute Gasteiger partial charge is 0.352 e. The molecule has 0 saturated heterocycles. The molecule has 0 aromatic heterocycles. The van der Waals surface area contributed by atoms with Gasteiger partial charge in [-0.15, -0.1) is 0 Å². The number of nitrogens with one attached hydrogen (secondary N) is 1. The van der Waals surface area contributed by atoms with E-state index >= 15 is 0 Å². The van der Waals surface area contributed by atoms with Crippen LogP contribution >= 0.6 is 11.6 Å². The molecule has 1 aliphatic carbocycles. The maximum Gasteiger partial charge on any atom is 0.244 e. The quantitative estimate of drug-likeness (QED) is 0.345. The Morgan fingerprint density at radius 1 is 1.00 bits per heavy atom. The summed E-state index contributed by atoms with van der Waals surface area (Å²) in [5.41, 5.74) is 1.25. The van der Waals surface area contributed by atoms with E-state index in [0.717, 1.165) is 41.8 Å². The average Bonchev–Trinajstić information content (AvgIpc) is 3.43. The molecule has 2 amide bonds. The summed E-state index contributed by atoms with van der Waals surface area (Å²) in [4.78, 5) is 29.1. The van der Waals surface area contributed by atoms with Gasteiger partial charge in [0.1, 0.15) is 18.4 Å². The van der Waals surface area contributed by atoms with Crippen LogP contribution in [0.4, 0.5) is 10.1 Å². The zero-order valence-electron chi connectivity index (χ0n) is 22.3. The molecule has 10 heteroatoms. The Labute approximate surface area is 240 Å². The van der Waals surface area contributed by atoms with Gasteiger partial charge >= 0.3 is 0 Å². The van der Waals surface area contributed by atoms with E-state index in [-0.39, 0.29) is 36.2 Å². The number of rotatable bonds is 11. The SMILES string of the molecule is CS(=O)(=O)N(CC(=O)N(Cc1ccccc1F)C(Cc1ccccc1)C(=O)NC1CCCC1)c1cccc(Cl)c1. The second kappa shape index (κ2) is 13.3. The van der Waals surface area contributed by atoms with Crippen molar-refractivity contribution in [3.8, 4) is 0 Å². The third-order valence-electron chi connectivity index (χ3n) is 7.05. The number of hydrogen-bond donors (Lipinski definition) is 1. The molecule has 0 radical (unpaired) electrons. The molecule has 7 nitrogen and oxygen atoms in total. The van der Waals surface area contributed by atoms with Gasteiger partial charge in [-0.2, -0.15) is 0 Å². The van der Waals surface area contributed by atoms with Gasteiger partial charge in [0.15, 0.2) is 0 Å². The highest BCUT2D eigenvalue weighted by Crippen LogP contribution is 2.24. The van der Waals surface area contributed by atoms with Crippen LogP contribution in [0.1, 0.15) is 36.8 Å². The van der Waals surface area contributed by atoms with Crippen molar-refractivity contribution in [2.45, 2.75) is 50.7 Å². The molecule has 40 heavy (non-hydrogen) atoms. The minimum Gasteiger partial charge on any atom is -0.352 e. The first-order chi connectivity index (χ1) is 19.1. The molecular weight excluding hydrogens is 553 g/mol. The van der Waals surface area contributed by atoms with E-state index in [2.05, 4.69) is 5.32 Å². The summed E-state index contributed by atoms with van der Waals surface area (Å²) >= 11 is 6.11. The molecule has 3 aromatic rings. The smallest absolute Gasteiger partial charge is 0.244 e. The Hall–Kier alpha value is -3.43. The molecule has 0 bridgehead atoms. The molecule has 0 aliphatic heterocycles. The van der Waals surface area contributed by atoms with Crippen LogP contribution in [0, 0.1) is 5.82 Å². The van der Waals surface area contributed by atoms with Crippen LogP contribution < -0.4 is 9.62 Å². The number of carbonyl (C=O) groups excluding carboxylic acids is 2. The maximum atomic E-state index is 14.8. The number of nitrogens with zero attached hydrogens (tertiary/aromatic N) is 2. The zero-order valence-corrected chi connectivity index (χ0v) is 23.9. The Balaban J connectivity index is 1.73. The van der Waals surface area contributed by atoms with Crippen molar-refractivity contribution in [1.29, 1.82) is 0 Å². The lowest BCUT2D eigenvalue weighted by Gasteiger charge is -2.34. The third kappa shape index (κ3) is 7.82. The van der Waals surface area contributed by atoms with Gasteiger partial charge < -0.3 is 10.2 Å². The van der Waals surface area contributed by atoms with E-state index in [1.54, 1.807) is 30.3 Å². The molecular formula is C30H33ClFN3O4S. The molecule has 1 aliphatic rings. The van der Waals surface area contributed by atoms with Crippen LogP contribution in [0.25, 0.3) is 0 Å². The topological polar surface area (TPSA) is 86.8 Å². The fraction of sp³-hybridized carbons (Fsp3) is 0.333. The Bertz CT molecular complexity index is 1430. The molecule has 1 saturated carbocycles. The van der Waals surface area contributed by atoms with Gasteiger partial charge in [0.25, 0.3) is 0 Å². The monoisotopic (exact) mass is 585 g/mol. The van der Waals surface area contributed by atoms with Crippen LogP contribution in [0.2, 0.25) is 5.02 Å². The molecule has 1 atom stereocenters. The average molecular weight is 586 g/mol. The van der Waals surface area contributed by atoms with Gasteiger partial charge in [-0.1, -0.05) is 79.0 Å². The van der Waals surface area contributed by atoms with E-state index in [1.165, 1.54) is 23.1 Å². The number of sulfonamides is 1. The molecule has 0 heterocycles. The van der Waals surface area contributed by atoms with E-state index in [4.69, 9.17) is 11.6 Å². The molecule has 0 spiro atoms. The van der Waals surface area contributed by atoms with Gasteiger partial charge in [-0.05, 0) is 42.7 Å². The third-order valence-corrected chi connectivity index (χ3v) is 8.42. The van der Waals surface area contributed by atoms with Gasteiger partial charge in [-0.25, -0.2) is 12.8 Å². The molecule has 212 valence electrons. The van der Waals surface area contributed by atoms with Gasteiger partial charge in [-0.3, -0.25) is 13.9 Å². The summed E-state index contributed by atoms with van der Waals surface area (Å²) in [6.45, 7) is -0.802. The number of anilines is 1. The normalized spacial score (nSPS) is 14.5. The summed E-state index contributed by atoms with van der Waals surface area (Å²) in [5, 5.41) is 3.39. The van der Waals surface area contributed by atoms with Crippen molar-refractivity contribution in [1.82, 2.24) is 10.2 Å². The number of carbonyl (C=O) groups is 2. The van der Waals surface area contributed by atoms with Crippen molar-refractivity contribution in [3.63, 3.8) is 0 Å². The van der Waals surface area contributed by atoms with E-state index in [1.807, 2.05) is 30.3 Å².